The zero-order valence-corrected chi connectivity index (χ0v) is 9.80. The van der Waals surface area contributed by atoms with Gasteiger partial charge in [-0.1, -0.05) is 6.07 Å². The van der Waals surface area contributed by atoms with E-state index in [1.54, 1.807) is 0 Å². The van der Waals surface area contributed by atoms with E-state index in [1.807, 2.05) is 24.3 Å². The van der Waals surface area contributed by atoms with E-state index in [1.165, 1.54) is 12.8 Å². The first kappa shape index (κ1) is 11.9. The second kappa shape index (κ2) is 5.67. The molecular formula is C13H17N3O. The van der Waals surface area contributed by atoms with E-state index < -0.39 is 0 Å². The van der Waals surface area contributed by atoms with Crippen LogP contribution in [0.5, 0.6) is 0 Å². The first-order valence-electron chi connectivity index (χ1n) is 5.93. The number of benzene rings is 1. The topological polar surface area (TPSA) is 62.3 Å². The number of anilines is 1. The Morgan fingerprint density at radius 1 is 1.47 bits per heavy atom. The standard InChI is InChI=1S/C13H17N3O/c14-9-11-4-3-6-12(8-11)16-7-2-1-5-13(16)10-17-15/h3-4,6,8,13H,1-2,5,7,10,15H2. The van der Waals surface area contributed by atoms with Gasteiger partial charge < -0.3 is 9.74 Å². The second-order valence-corrected chi connectivity index (χ2v) is 4.34. The van der Waals surface area contributed by atoms with Crippen LogP contribution in [-0.4, -0.2) is 19.2 Å². The molecule has 2 rings (SSSR count). The van der Waals surface area contributed by atoms with E-state index in [-0.39, 0.29) is 0 Å². The molecule has 0 aromatic heterocycles. The molecule has 1 aliphatic heterocycles. The molecule has 1 aliphatic rings. The number of piperidine rings is 1. The summed E-state index contributed by atoms with van der Waals surface area (Å²) in [6.45, 7) is 1.54. The van der Waals surface area contributed by atoms with Crippen molar-refractivity contribution >= 4 is 5.69 Å². The average molecular weight is 231 g/mol. The van der Waals surface area contributed by atoms with Crippen molar-refractivity contribution < 1.29 is 4.84 Å². The molecule has 1 heterocycles. The first-order chi connectivity index (χ1) is 8.35. The summed E-state index contributed by atoms with van der Waals surface area (Å²) in [7, 11) is 0. The Kier molecular flexibility index (Phi) is 3.97. The molecule has 0 saturated carbocycles. The van der Waals surface area contributed by atoms with E-state index in [9.17, 15) is 0 Å². The fourth-order valence-corrected chi connectivity index (χ4v) is 2.38. The Morgan fingerprint density at radius 3 is 3.12 bits per heavy atom. The van der Waals surface area contributed by atoms with Crippen molar-refractivity contribution in [1.29, 1.82) is 5.26 Å². The molecule has 1 atom stereocenters. The van der Waals surface area contributed by atoms with Gasteiger partial charge in [-0.25, -0.2) is 5.90 Å². The van der Waals surface area contributed by atoms with Crippen LogP contribution in [0.4, 0.5) is 5.69 Å². The molecule has 1 fully saturated rings. The third kappa shape index (κ3) is 2.76. The maximum Gasteiger partial charge on any atom is 0.0992 e. The number of hydrogen-bond acceptors (Lipinski definition) is 4. The van der Waals surface area contributed by atoms with Gasteiger partial charge in [0.25, 0.3) is 0 Å². The van der Waals surface area contributed by atoms with Crippen LogP contribution in [-0.2, 0) is 4.84 Å². The van der Waals surface area contributed by atoms with Crippen molar-refractivity contribution in [2.24, 2.45) is 5.90 Å². The molecular weight excluding hydrogens is 214 g/mol. The van der Waals surface area contributed by atoms with Gasteiger partial charge in [-0.05, 0) is 37.5 Å². The van der Waals surface area contributed by atoms with Crippen molar-refractivity contribution in [3.8, 4) is 6.07 Å². The lowest BCUT2D eigenvalue weighted by molar-refractivity contribution is 0.114. The van der Waals surface area contributed by atoms with Crippen molar-refractivity contribution in [2.75, 3.05) is 18.1 Å². The highest BCUT2D eigenvalue weighted by molar-refractivity contribution is 5.52. The quantitative estimate of drug-likeness (QED) is 0.806. The summed E-state index contributed by atoms with van der Waals surface area (Å²) >= 11 is 0. The highest BCUT2D eigenvalue weighted by Gasteiger charge is 2.22. The highest BCUT2D eigenvalue weighted by atomic mass is 16.6. The van der Waals surface area contributed by atoms with Gasteiger partial charge in [-0.3, -0.25) is 0 Å². The Bertz CT molecular complexity index is 411. The fourth-order valence-electron chi connectivity index (χ4n) is 2.38. The zero-order valence-electron chi connectivity index (χ0n) is 9.80. The number of hydrogen-bond donors (Lipinski definition) is 1. The van der Waals surface area contributed by atoms with Crippen molar-refractivity contribution in [3.63, 3.8) is 0 Å². The van der Waals surface area contributed by atoms with Gasteiger partial charge in [0, 0.05) is 12.2 Å². The Balaban J connectivity index is 2.20. The molecule has 0 spiro atoms. The van der Waals surface area contributed by atoms with Crippen LogP contribution in [0.25, 0.3) is 0 Å². The summed E-state index contributed by atoms with van der Waals surface area (Å²) in [5, 5.41) is 8.92. The molecule has 1 saturated heterocycles. The van der Waals surface area contributed by atoms with E-state index in [4.69, 9.17) is 16.0 Å². The van der Waals surface area contributed by atoms with Gasteiger partial charge in [-0.15, -0.1) is 0 Å². The highest BCUT2D eigenvalue weighted by Crippen LogP contribution is 2.25. The molecule has 0 amide bonds. The number of nitriles is 1. The smallest absolute Gasteiger partial charge is 0.0992 e. The van der Waals surface area contributed by atoms with Crippen LogP contribution in [0.15, 0.2) is 24.3 Å². The van der Waals surface area contributed by atoms with Gasteiger partial charge in [0.1, 0.15) is 0 Å². The van der Waals surface area contributed by atoms with Crippen LogP contribution < -0.4 is 10.8 Å². The predicted molar refractivity (Wildman–Crippen MR) is 66.3 cm³/mol. The minimum Gasteiger partial charge on any atom is -0.366 e. The van der Waals surface area contributed by atoms with Crippen LogP contribution in [0.3, 0.4) is 0 Å². The van der Waals surface area contributed by atoms with Crippen molar-refractivity contribution in [2.45, 2.75) is 25.3 Å². The summed E-state index contributed by atoms with van der Waals surface area (Å²) < 4.78 is 0. The Labute approximate surface area is 102 Å². The molecule has 4 nitrogen and oxygen atoms in total. The van der Waals surface area contributed by atoms with Gasteiger partial charge in [0.05, 0.1) is 24.3 Å². The van der Waals surface area contributed by atoms with E-state index in [2.05, 4.69) is 11.0 Å². The van der Waals surface area contributed by atoms with Gasteiger partial charge in [-0.2, -0.15) is 5.26 Å². The largest absolute Gasteiger partial charge is 0.366 e. The first-order valence-corrected chi connectivity index (χ1v) is 5.93. The summed E-state index contributed by atoms with van der Waals surface area (Å²) in [6.07, 6.45) is 3.48. The Morgan fingerprint density at radius 2 is 2.35 bits per heavy atom. The van der Waals surface area contributed by atoms with Gasteiger partial charge >= 0.3 is 0 Å². The van der Waals surface area contributed by atoms with Gasteiger partial charge in [0.15, 0.2) is 0 Å². The second-order valence-electron chi connectivity index (χ2n) is 4.34. The van der Waals surface area contributed by atoms with Crippen LogP contribution in [0, 0.1) is 11.3 Å². The lowest BCUT2D eigenvalue weighted by atomic mass is 10.0. The van der Waals surface area contributed by atoms with Crippen LogP contribution >= 0.6 is 0 Å². The number of nitrogens with two attached hydrogens (primary N) is 1. The molecule has 90 valence electrons. The average Bonchev–Trinajstić information content (AvgIpc) is 2.40. The van der Waals surface area contributed by atoms with E-state index in [0.717, 1.165) is 18.7 Å². The number of rotatable bonds is 3. The molecule has 4 heteroatoms. The monoisotopic (exact) mass is 231 g/mol. The summed E-state index contributed by atoms with van der Waals surface area (Å²) in [4.78, 5) is 7.07. The molecule has 1 unspecified atom stereocenters. The summed E-state index contributed by atoms with van der Waals surface area (Å²) in [5.41, 5.74) is 1.78. The fraction of sp³-hybridized carbons (Fsp3) is 0.462. The third-order valence-electron chi connectivity index (χ3n) is 3.22. The minimum absolute atomic E-state index is 0.322. The van der Waals surface area contributed by atoms with Crippen molar-refractivity contribution in [3.05, 3.63) is 29.8 Å². The molecule has 0 radical (unpaired) electrons. The molecule has 0 aliphatic carbocycles. The third-order valence-corrected chi connectivity index (χ3v) is 3.22. The lowest BCUT2D eigenvalue weighted by Crippen LogP contribution is -2.43. The van der Waals surface area contributed by atoms with Crippen molar-refractivity contribution in [1.82, 2.24) is 0 Å². The SMILES string of the molecule is N#Cc1cccc(N2CCCCC2CON)c1. The van der Waals surface area contributed by atoms with E-state index in [0.29, 0.717) is 18.2 Å². The Hall–Kier alpha value is -1.57. The summed E-state index contributed by atoms with van der Waals surface area (Å²) in [6, 6.07) is 10.2. The lowest BCUT2D eigenvalue weighted by Gasteiger charge is -2.37. The summed E-state index contributed by atoms with van der Waals surface area (Å²) in [5.74, 6) is 5.18. The minimum atomic E-state index is 0.322. The molecule has 2 N–H and O–H groups in total. The molecule has 0 bridgehead atoms. The molecule has 1 aromatic carbocycles. The zero-order chi connectivity index (χ0) is 12.1. The molecule has 1 aromatic rings. The molecule has 17 heavy (non-hydrogen) atoms. The normalized spacial score (nSPS) is 20.0. The number of nitrogens with zero attached hydrogens (tertiary/aromatic N) is 2. The maximum atomic E-state index is 8.92. The predicted octanol–water partition coefficient (Wildman–Crippen LogP) is 1.81. The van der Waals surface area contributed by atoms with Crippen LogP contribution in [0.1, 0.15) is 24.8 Å². The van der Waals surface area contributed by atoms with Crippen LogP contribution in [0.2, 0.25) is 0 Å². The van der Waals surface area contributed by atoms with E-state index >= 15 is 0 Å². The maximum absolute atomic E-state index is 8.92. The van der Waals surface area contributed by atoms with Gasteiger partial charge in [0.2, 0.25) is 0 Å².